The Morgan fingerprint density at radius 3 is 2.10 bits per heavy atom. The Bertz CT molecular complexity index is 88.1. The molecule has 0 spiro atoms. The van der Waals surface area contributed by atoms with Gasteiger partial charge in [0.15, 0.2) is 0 Å². The van der Waals surface area contributed by atoms with Crippen molar-refractivity contribution in [3.63, 3.8) is 0 Å². The Labute approximate surface area is 65.4 Å². The molecule has 0 aliphatic rings. The molecule has 1 unspecified atom stereocenters. The molecule has 0 aliphatic carbocycles. The van der Waals surface area contributed by atoms with Gasteiger partial charge in [0.1, 0.15) is 0 Å². The van der Waals surface area contributed by atoms with Crippen LogP contribution in [0, 0.1) is 0 Å². The minimum atomic E-state index is -1.33. The molecule has 0 aliphatic heterocycles. The van der Waals surface area contributed by atoms with E-state index in [2.05, 4.69) is 27.3 Å². The van der Waals surface area contributed by atoms with Gasteiger partial charge in [-0.25, -0.2) is 0 Å². The van der Waals surface area contributed by atoms with Crippen molar-refractivity contribution >= 4 is 9.28 Å². The van der Waals surface area contributed by atoms with Gasteiger partial charge in [-0.05, 0) is 34.2 Å². The van der Waals surface area contributed by atoms with Crippen LogP contribution in [0.2, 0.25) is 6.55 Å². The zero-order valence-electron chi connectivity index (χ0n) is 7.60. The first kappa shape index (κ1) is 10.1. The monoisotopic (exact) mass is 162 g/mol. The van der Waals surface area contributed by atoms with Crippen molar-refractivity contribution in [3.8, 4) is 0 Å². The molecule has 0 aromatic rings. The summed E-state index contributed by atoms with van der Waals surface area (Å²) in [7, 11) is -1.33. The molecule has 0 amide bonds. The van der Waals surface area contributed by atoms with E-state index in [1.54, 1.807) is 0 Å². The van der Waals surface area contributed by atoms with Crippen LogP contribution in [0.3, 0.4) is 0 Å². The topological polar surface area (TPSA) is 18.5 Å². The summed E-state index contributed by atoms with van der Waals surface area (Å²) in [6.07, 6.45) is 0. The van der Waals surface area contributed by atoms with Crippen molar-refractivity contribution in [1.29, 1.82) is 0 Å². The second-order valence-corrected chi connectivity index (χ2v) is 4.96. The van der Waals surface area contributed by atoms with Gasteiger partial charge in [-0.2, -0.15) is 0 Å². The van der Waals surface area contributed by atoms with Crippen molar-refractivity contribution in [3.05, 3.63) is 0 Å². The maximum atomic E-state index is 5.59. The van der Waals surface area contributed by atoms with Crippen molar-refractivity contribution in [1.82, 2.24) is 0 Å². The van der Waals surface area contributed by atoms with E-state index in [0.29, 0.717) is 0 Å². The number of hydrogen-bond acceptors (Lipinski definition) is 2. The largest absolute Gasteiger partial charge is 0.397 e. The van der Waals surface area contributed by atoms with Gasteiger partial charge in [0.2, 0.25) is 0 Å². The molecule has 0 heterocycles. The zero-order valence-corrected chi connectivity index (χ0v) is 8.76. The third kappa shape index (κ3) is 6.26. The van der Waals surface area contributed by atoms with E-state index in [0.717, 1.165) is 6.61 Å². The van der Waals surface area contributed by atoms with Gasteiger partial charge >= 0.3 is 9.28 Å². The first-order valence-electron chi connectivity index (χ1n) is 3.75. The summed E-state index contributed by atoms with van der Waals surface area (Å²) >= 11 is 0. The van der Waals surface area contributed by atoms with Crippen LogP contribution in [0.15, 0.2) is 0 Å². The minimum absolute atomic E-state index is 0.0409. The van der Waals surface area contributed by atoms with E-state index in [4.69, 9.17) is 8.85 Å². The van der Waals surface area contributed by atoms with Gasteiger partial charge in [0.05, 0.1) is 0 Å². The Kier molecular flexibility index (Phi) is 4.16. The van der Waals surface area contributed by atoms with Crippen LogP contribution in [-0.2, 0) is 8.85 Å². The quantitative estimate of drug-likeness (QED) is 0.588. The molecule has 0 fully saturated rings. The fourth-order valence-corrected chi connectivity index (χ4v) is 2.30. The van der Waals surface area contributed by atoms with E-state index in [1.165, 1.54) is 0 Å². The van der Waals surface area contributed by atoms with Gasteiger partial charge in [-0.15, -0.1) is 0 Å². The van der Waals surface area contributed by atoms with Crippen LogP contribution in [-0.4, -0.2) is 21.5 Å². The molecule has 0 aromatic heterocycles. The van der Waals surface area contributed by atoms with Crippen LogP contribution < -0.4 is 0 Å². The first-order chi connectivity index (χ1) is 4.45. The zero-order chi connectivity index (χ0) is 8.20. The highest BCUT2D eigenvalue weighted by atomic mass is 28.3. The fraction of sp³-hybridized carbons (Fsp3) is 1.00. The lowest BCUT2D eigenvalue weighted by Gasteiger charge is -2.23. The number of hydrogen-bond donors (Lipinski definition) is 0. The highest BCUT2D eigenvalue weighted by Gasteiger charge is 2.15. The van der Waals surface area contributed by atoms with Crippen molar-refractivity contribution in [2.45, 2.75) is 39.8 Å². The van der Waals surface area contributed by atoms with Crippen molar-refractivity contribution in [2.24, 2.45) is 0 Å². The minimum Gasteiger partial charge on any atom is -0.397 e. The summed E-state index contributed by atoms with van der Waals surface area (Å²) in [6, 6.07) is 0. The highest BCUT2D eigenvalue weighted by Crippen LogP contribution is 2.08. The van der Waals surface area contributed by atoms with Crippen LogP contribution in [0.4, 0.5) is 0 Å². The molecule has 62 valence electrons. The summed E-state index contributed by atoms with van der Waals surface area (Å²) in [5.41, 5.74) is -0.0409. The second kappa shape index (κ2) is 4.11. The first-order valence-corrected chi connectivity index (χ1v) is 5.85. The summed E-state index contributed by atoms with van der Waals surface area (Å²) in [5.74, 6) is 0. The van der Waals surface area contributed by atoms with E-state index in [1.807, 2.05) is 6.92 Å². The molecule has 3 heteroatoms. The Morgan fingerprint density at radius 2 is 1.80 bits per heavy atom. The molecular weight excluding hydrogens is 144 g/mol. The molecule has 0 saturated carbocycles. The maximum absolute atomic E-state index is 5.59. The average Bonchev–Trinajstić information content (AvgIpc) is 1.59. The third-order valence-corrected chi connectivity index (χ3v) is 2.76. The van der Waals surface area contributed by atoms with E-state index >= 15 is 0 Å². The van der Waals surface area contributed by atoms with Crippen LogP contribution >= 0.6 is 0 Å². The Hall–Kier alpha value is 0.137. The molecule has 0 N–H and O–H groups in total. The normalized spacial score (nSPS) is 15.3. The molecule has 0 bridgehead atoms. The van der Waals surface area contributed by atoms with Crippen LogP contribution in [0.1, 0.15) is 27.7 Å². The highest BCUT2D eigenvalue weighted by molar-refractivity contribution is 6.42. The van der Waals surface area contributed by atoms with Crippen molar-refractivity contribution in [2.75, 3.05) is 6.61 Å². The van der Waals surface area contributed by atoms with E-state index in [-0.39, 0.29) is 5.60 Å². The molecule has 2 nitrogen and oxygen atoms in total. The average molecular weight is 162 g/mol. The molecule has 0 saturated heterocycles. The lowest BCUT2D eigenvalue weighted by molar-refractivity contribution is 0.0874. The van der Waals surface area contributed by atoms with Gasteiger partial charge in [0.25, 0.3) is 0 Å². The predicted octanol–water partition coefficient (Wildman–Crippen LogP) is 1.69. The lowest BCUT2D eigenvalue weighted by atomic mass is 10.2. The van der Waals surface area contributed by atoms with Gasteiger partial charge < -0.3 is 8.85 Å². The Morgan fingerprint density at radius 1 is 1.30 bits per heavy atom. The van der Waals surface area contributed by atoms with Gasteiger partial charge in [-0.1, -0.05) is 0 Å². The fourth-order valence-electron chi connectivity index (χ4n) is 0.767. The Balaban J connectivity index is 3.47. The third-order valence-electron chi connectivity index (χ3n) is 0.921. The lowest BCUT2D eigenvalue weighted by Crippen LogP contribution is -2.30. The van der Waals surface area contributed by atoms with Gasteiger partial charge in [-0.3, -0.25) is 0 Å². The summed E-state index contributed by atoms with van der Waals surface area (Å²) < 4.78 is 10.9. The molecule has 1 atom stereocenters. The summed E-state index contributed by atoms with van der Waals surface area (Å²) in [4.78, 5) is 0. The number of rotatable bonds is 3. The summed E-state index contributed by atoms with van der Waals surface area (Å²) in [6.45, 7) is 11.0. The second-order valence-electron chi connectivity index (χ2n) is 3.25. The summed E-state index contributed by atoms with van der Waals surface area (Å²) in [5, 5.41) is 0. The molecule has 0 radical (unpaired) electrons. The van der Waals surface area contributed by atoms with E-state index in [9.17, 15) is 0 Å². The van der Waals surface area contributed by atoms with Crippen LogP contribution in [0.25, 0.3) is 0 Å². The molecular formula is C7H18O2Si. The SMILES string of the molecule is CCO[SiH](C)OC(C)(C)C. The van der Waals surface area contributed by atoms with Crippen LogP contribution in [0.5, 0.6) is 0 Å². The molecule has 10 heavy (non-hydrogen) atoms. The standard InChI is InChI=1S/C7H18O2Si/c1-6-8-10(5)9-7(2,3)4/h10H,6H2,1-5H3. The van der Waals surface area contributed by atoms with Gasteiger partial charge in [0, 0.05) is 12.2 Å². The molecule has 0 aromatic carbocycles. The maximum Gasteiger partial charge on any atom is 0.318 e. The smallest absolute Gasteiger partial charge is 0.318 e. The predicted molar refractivity (Wildman–Crippen MR) is 45.5 cm³/mol. The van der Waals surface area contributed by atoms with E-state index < -0.39 is 9.28 Å². The van der Waals surface area contributed by atoms with Crippen molar-refractivity contribution < 1.29 is 8.85 Å². The molecule has 0 rings (SSSR count).